The molecule has 3 nitrogen and oxygen atoms in total. The lowest BCUT2D eigenvalue weighted by atomic mass is 10.2. The van der Waals surface area contributed by atoms with Crippen molar-refractivity contribution >= 4 is 26.4 Å². The fourth-order valence-corrected chi connectivity index (χ4v) is 0.882. The van der Waals surface area contributed by atoms with Gasteiger partial charge < -0.3 is 10.6 Å². The van der Waals surface area contributed by atoms with Crippen molar-refractivity contribution in [2.75, 3.05) is 0 Å². The van der Waals surface area contributed by atoms with Crippen LogP contribution in [0.2, 0.25) is 0 Å². The van der Waals surface area contributed by atoms with Gasteiger partial charge in [-0.05, 0) is 5.56 Å². The molecule has 0 aromatic heterocycles. The summed E-state index contributed by atoms with van der Waals surface area (Å²) < 4.78 is 0.406. The van der Waals surface area contributed by atoms with Gasteiger partial charge in [-0.25, -0.2) is 0 Å². The minimum atomic E-state index is 0.406. The van der Waals surface area contributed by atoms with Crippen molar-refractivity contribution in [3.8, 4) is 0 Å². The Morgan fingerprint density at radius 1 is 1.42 bits per heavy atom. The van der Waals surface area contributed by atoms with E-state index in [9.17, 15) is 0 Å². The third-order valence-electron chi connectivity index (χ3n) is 1.23. The quantitative estimate of drug-likeness (QED) is 0.301. The molecule has 4 heteroatoms. The fraction of sp³-hybridized carbons (Fsp3) is 0.125. The molecule has 0 heterocycles. The maximum absolute atomic E-state index is 5.27. The van der Waals surface area contributed by atoms with Crippen LogP contribution in [0.4, 0.5) is 0 Å². The van der Waals surface area contributed by atoms with Gasteiger partial charge in [-0.15, -0.1) is 0 Å². The summed E-state index contributed by atoms with van der Waals surface area (Å²) in [5.74, 6) is 0. The van der Waals surface area contributed by atoms with Crippen molar-refractivity contribution in [1.29, 1.82) is 0 Å². The van der Waals surface area contributed by atoms with E-state index in [4.69, 9.17) is 10.6 Å². The van der Waals surface area contributed by atoms with Crippen molar-refractivity contribution in [3.05, 3.63) is 35.9 Å². The second-order valence-electron chi connectivity index (χ2n) is 2.17. The maximum Gasteiger partial charge on any atom is 0.200 e. The van der Waals surface area contributed by atoms with Crippen LogP contribution in [0.25, 0.3) is 0 Å². The topological polar surface area (TPSA) is 47.6 Å². The van der Waals surface area contributed by atoms with Gasteiger partial charge in [0.05, 0.1) is 0 Å². The largest absolute Gasteiger partial charge is 0.389 e. The van der Waals surface area contributed by atoms with E-state index >= 15 is 0 Å². The lowest BCUT2D eigenvalue weighted by Gasteiger charge is -1.98. The normalized spacial score (nSPS) is 11.2. The summed E-state index contributed by atoms with van der Waals surface area (Å²) in [6.07, 6.45) is 0. The van der Waals surface area contributed by atoms with Crippen LogP contribution >= 0.6 is 22.6 Å². The van der Waals surface area contributed by atoms with Crippen LogP contribution in [0.1, 0.15) is 5.56 Å². The third-order valence-corrected chi connectivity index (χ3v) is 1.42. The predicted octanol–water partition coefficient (Wildman–Crippen LogP) is 1.87. The van der Waals surface area contributed by atoms with E-state index in [0.29, 0.717) is 10.4 Å². The van der Waals surface area contributed by atoms with Crippen LogP contribution < -0.4 is 5.73 Å². The first-order valence-corrected chi connectivity index (χ1v) is 4.52. The van der Waals surface area contributed by atoms with Crippen molar-refractivity contribution in [3.63, 3.8) is 0 Å². The molecule has 0 amide bonds. The molecule has 1 aromatic carbocycles. The molecule has 1 rings (SSSR count). The number of hydrogen-bond donors (Lipinski definition) is 1. The lowest BCUT2D eigenvalue weighted by molar-refractivity contribution is 0.131. The number of amidine groups is 1. The number of halogens is 1. The van der Waals surface area contributed by atoms with Crippen LogP contribution in [0, 0.1) is 0 Å². The van der Waals surface area contributed by atoms with Gasteiger partial charge in [0.1, 0.15) is 6.61 Å². The van der Waals surface area contributed by atoms with Crippen LogP contribution in [0.15, 0.2) is 35.5 Å². The Morgan fingerprint density at radius 2 is 2.08 bits per heavy atom. The number of oxime groups is 1. The van der Waals surface area contributed by atoms with Crippen LogP contribution in [-0.2, 0) is 11.4 Å². The molecule has 0 spiro atoms. The van der Waals surface area contributed by atoms with Gasteiger partial charge in [0.25, 0.3) is 0 Å². The monoisotopic (exact) mass is 276 g/mol. The molecular weight excluding hydrogens is 267 g/mol. The van der Waals surface area contributed by atoms with E-state index in [-0.39, 0.29) is 0 Å². The van der Waals surface area contributed by atoms with Gasteiger partial charge in [0.15, 0.2) is 0 Å². The van der Waals surface area contributed by atoms with Gasteiger partial charge in [-0.1, -0.05) is 35.5 Å². The summed E-state index contributed by atoms with van der Waals surface area (Å²) in [6.45, 7) is 0.463. The lowest BCUT2D eigenvalue weighted by Crippen LogP contribution is -2.01. The molecule has 0 aliphatic rings. The third kappa shape index (κ3) is 3.56. The summed E-state index contributed by atoms with van der Waals surface area (Å²) in [5.41, 5.74) is 6.35. The molecule has 0 bridgehead atoms. The molecule has 0 unspecified atom stereocenters. The number of nitrogens with zero attached hydrogens (tertiary/aromatic N) is 1. The molecular formula is C8H9IN2O. The second kappa shape index (κ2) is 4.97. The zero-order valence-electron chi connectivity index (χ0n) is 6.40. The second-order valence-corrected chi connectivity index (χ2v) is 3.28. The molecule has 0 atom stereocenters. The van der Waals surface area contributed by atoms with E-state index in [1.165, 1.54) is 0 Å². The number of nitrogens with two attached hydrogens (primary N) is 1. The van der Waals surface area contributed by atoms with Gasteiger partial charge in [-0.2, -0.15) is 0 Å². The highest BCUT2D eigenvalue weighted by Gasteiger charge is 1.89. The van der Waals surface area contributed by atoms with Gasteiger partial charge >= 0.3 is 0 Å². The molecule has 0 saturated carbocycles. The molecule has 0 saturated heterocycles. The maximum atomic E-state index is 5.27. The van der Waals surface area contributed by atoms with Crippen LogP contribution in [-0.4, -0.2) is 3.84 Å². The Balaban J connectivity index is 2.39. The van der Waals surface area contributed by atoms with Crippen molar-refractivity contribution in [2.24, 2.45) is 10.9 Å². The smallest absolute Gasteiger partial charge is 0.200 e. The van der Waals surface area contributed by atoms with Gasteiger partial charge in [-0.3, -0.25) is 0 Å². The standard InChI is InChI=1S/C8H9IN2O/c9-8(10)11-12-6-7-4-2-1-3-5-7/h1-5H,6H2,(H2,10,11). The summed E-state index contributed by atoms with van der Waals surface area (Å²) in [7, 11) is 0. The first kappa shape index (κ1) is 9.31. The zero-order chi connectivity index (χ0) is 8.81. The summed E-state index contributed by atoms with van der Waals surface area (Å²) in [4.78, 5) is 4.94. The Labute approximate surface area is 84.7 Å². The average Bonchev–Trinajstić information content (AvgIpc) is 2.05. The molecule has 2 N–H and O–H groups in total. The zero-order valence-corrected chi connectivity index (χ0v) is 8.56. The molecule has 12 heavy (non-hydrogen) atoms. The van der Waals surface area contributed by atoms with Crippen LogP contribution in [0.3, 0.4) is 0 Å². The number of rotatable bonds is 3. The number of hydrogen-bond acceptors (Lipinski definition) is 2. The molecule has 0 radical (unpaired) electrons. The predicted molar refractivity (Wildman–Crippen MR) is 56.9 cm³/mol. The molecule has 0 fully saturated rings. The first-order valence-electron chi connectivity index (χ1n) is 3.44. The first-order chi connectivity index (χ1) is 5.79. The summed E-state index contributed by atoms with van der Waals surface area (Å²) >= 11 is 1.89. The van der Waals surface area contributed by atoms with Gasteiger partial charge in [0, 0.05) is 22.6 Å². The highest BCUT2D eigenvalue weighted by Crippen LogP contribution is 2.00. The minimum Gasteiger partial charge on any atom is -0.389 e. The Hall–Kier alpha value is -0.780. The molecule has 1 aromatic rings. The van der Waals surface area contributed by atoms with E-state index in [1.807, 2.05) is 52.9 Å². The van der Waals surface area contributed by atoms with Crippen LogP contribution in [0.5, 0.6) is 0 Å². The minimum absolute atomic E-state index is 0.406. The molecule has 64 valence electrons. The summed E-state index contributed by atoms with van der Waals surface area (Å²) in [6, 6.07) is 9.81. The summed E-state index contributed by atoms with van der Waals surface area (Å²) in [5, 5.41) is 3.60. The van der Waals surface area contributed by atoms with Crippen molar-refractivity contribution in [1.82, 2.24) is 0 Å². The van der Waals surface area contributed by atoms with E-state index in [2.05, 4.69) is 5.16 Å². The molecule has 0 aliphatic heterocycles. The molecule has 0 aliphatic carbocycles. The number of benzene rings is 1. The van der Waals surface area contributed by atoms with Crippen molar-refractivity contribution in [2.45, 2.75) is 6.61 Å². The van der Waals surface area contributed by atoms with Gasteiger partial charge in [0.2, 0.25) is 3.84 Å². The fourth-order valence-electron chi connectivity index (χ4n) is 0.743. The Bertz CT molecular complexity index is 257. The SMILES string of the molecule is NC(I)=NOCc1ccccc1. The Kier molecular flexibility index (Phi) is 3.86. The average molecular weight is 276 g/mol. The van der Waals surface area contributed by atoms with Crippen molar-refractivity contribution < 1.29 is 4.84 Å². The van der Waals surface area contributed by atoms with E-state index in [1.54, 1.807) is 0 Å². The highest BCUT2D eigenvalue weighted by atomic mass is 127. The van der Waals surface area contributed by atoms with E-state index < -0.39 is 0 Å². The van der Waals surface area contributed by atoms with E-state index in [0.717, 1.165) is 5.56 Å². The Morgan fingerprint density at radius 3 is 2.67 bits per heavy atom. The highest BCUT2D eigenvalue weighted by molar-refractivity contribution is 14.1.